The summed E-state index contributed by atoms with van der Waals surface area (Å²) in [6.45, 7) is 4.48. The second-order valence-electron chi connectivity index (χ2n) is 9.77. The summed E-state index contributed by atoms with van der Waals surface area (Å²) >= 11 is 0. The van der Waals surface area contributed by atoms with Gasteiger partial charge in [-0.3, -0.25) is 4.98 Å². The zero-order chi connectivity index (χ0) is 23.7. The zero-order valence-corrected chi connectivity index (χ0v) is 21.4. The van der Waals surface area contributed by atoms with Crippen molar-refractivity contribution in [3.63, 3.8) is 0 Å². The molecule has 2 aromatic heterocycles. The average Bonchev–Trinajstić information content (AvgIpc) is 3.70. The standard InChI is InChI=1S/C29H45N3O2/c1-2-3-21-33-22-11-12-23-34-29-20-19-28(31-32-29)26-17-18-27(30-24-26)14-10-8-6-4-5-7-9-13-25-15-16-25/h17-20,24-25H,2-16,21-23H2,1H3. The number of rotatable bonds is 20. The van der Waals surface area contributed by atoms with Gasteiger partial charge in [0.1, 0.15) is 0 Å². The SMILES string of the molecule is CCCCOCCCCOc1ccc(-c2ccc(CCCCCCCCCC3CC3)nc2)nn1. The molecule has 5 nitrogen and oxygen atoms in total. The number of ether oxygens (including phenoxy) is 2. The number of hydrogen-bond donors (Lipinski definition) is 0. The summed E-state index contributed by atoms with van der Waals surface area (Å²) in [5, 5.41) is 8.53. The van der Waals surface area contributed by atoms with Gasteiger partial charge in [0.05, 0.1) is 12.3 Å². The highest BCUT2D eigenvalue weighted by atomic mass is 16.5. The zero-order valence-electron chi connectivity index (χ0n) is 21.4. The molecule has 0 bridgehead atoms. The van der Waals surface area contributed by atoms with E-state index in [9.17, 15) is 0 Å². The maximum atomic E-state index is 5.70. The van der Waals surface area contributed by atoms with Crippen molar-refractivity contribution >= 4 is 0 Å². The van der Waals surface area contributed by atoms with Crippen LogP contribution in [0.15, 0.2) is 30.5 Å². The predicted octanol–water partition coefficient (Wildman–Crippen LogP) is 7.59. The van der Waals surface area contributed by atoms with Crippen LogP contribution in [0.1, 0.15) is 103 Å². The predicted molar refractivity (Wildman–Crippen MR) is 139 cm³/mol. The van der Waals surface area contributed by atoms with E-state index in [-0.39, 0.29) is 0 Å². The van der Waals surface area contributed by atoms with Gasteiger partial charge in [-0.15, -0.1) is 10.2 Å². The van der Waals surface area contributed by atoms with Gasteiger partial charge >= 0.3 is 0 Å². The van der Waals surface area contributed by atoms with Crippen molar-refractivity contribution in [2.75, 3.05) is 19.8 Å². The lowest BCUT2D eigenvalue weighted by Gasteiger charge is -2.07. The number of unbranched alkanes of at least 4 members (excludes halogenated alkanes) is 8. The molecule has 0 saturated heterocycles. The molecule has 2 aromatic rings. The maximum absolute atomic E-state index is 5.70. The van der Waals surface area contributed by atoms with Gasteiger partial charge in [-0.1, -0.05) is 71.1 Å². The van der Waals surface area contributed by atoms with Crippen LogP contribution in [-0.4, -0.2) is 35.0 Å². The first kappa shape index (κ1) is 26.6. The fourth-order valence-corrected chi connectivity index (χ4v) is 4.14. The minimum absolute atomic E-state index is 0.572. The number of aromatic nitrogens is 3. The van der Waals surface area contributed by atoms with Gasteiger partial charge in [0.15, 0.2) is 0 Å². The molecule has 1 aliphatic carbocycles. The van der Waals surface area contributed by atoms with Crippen LogP contribution in [0.2, 0.25) is 0 Å². The Kier molecular flexibility index (Phi) is 13.0. The molecule has 188 valence electrons. The summed E-state index contributed by atoms with van der Waals surface area (Å²) in [6, 6.07) is 8.07. The van der Waals surface area contributed by atoms with Crippen LogP contribution in [0.3, 0.4) is 0 Å². The molecule has 5 heteroatoms. The van der Waals surface area contributed by atoms with Crippen LogP contribution in [0.5, 0.6) is 5.88 Å². The molecule has 3 rings (SSSR count). The minimum Gasteiger partial charge on any atom is -0.477 e. The third-order valence-electron chi connectivity index (χ3n) is 6.58. The van der Waals surface area contributed by atoms with Crippen molar-refractivity contribution in [3.8, 4) is 17.1 Å². The van der Waals surface area contributed by atoms with E-state index in [2.05, 4.69) is 34.2 Å². The van der Waals surface area contributed by atoms with Crippen molar-refractivity contribution in [3.05, 3.63) is 36.2 Å². The molecule has 0 aromatic carbocycles. The molecule has 0 atom stereocenters. The Balaban J connectivity index is 1.23. The molecule has 1 fully saturated rings. The topological polar surface area (TPSA) is 57.1 Å². The molecule has 0 amide bonds. The highest BCUT2D eigenvalue weighted by Crippen LogP contribution is 2.34. The van der Waals surface area contributed by atoms with E-state index in [0.29, 0.717) is 12.5 Å². The summed E-state index contributed by atoms with van der Waals surface area (Å²) in [5.74, 6) is 1.67. The first-order valence-corrected chi connectivity index (χ1v) is 13.8. The molecule has 1 saturated carbocycles. The molecule has 0 spiro atoms. The van der Waals surface area contributed by atoms with Gasteiger partial charge in [0.25, 0.3) is 0 Å². The van der Waals surface area contributed by atoms with Gasteiger partial charge in [0.2, 0.25) is 5.88 Å². The number of nitrogens with zero attached hydrogens (tertiary/aromatic N) is 3. The average molecular weight is 468 g/mol. The lowest BCUT2D eigenvalue weighted by Crippen LogP contribution is -2.03. The molecular weight excluding hydrogens is 422 g/mol. The fourth-order valence-electron chi connectivity index (χ4n) is 4.14. The van der Waals surface area contributed by atoms with Crippen LogP contribution in [0.4, 0.5) is 0 Å². The molecule has 2 heterocycles. The lowest BCUT2D eigenvalue weighted by molar-refractivity contribution is 0.123. The Morgan fingerprint density at radius 1 is 0.765 bits per heavy atom. The second kappa shape index (κ2) is 16.6. The molecule has 0 aliphatic heterocycles. The van der Waals surface area contributed by atoms with Crippen molar-refractivity contribution in [1.82, 2.24) is 15.2 Å². The largest absolute Gasteiger partial charge is 0.477 e. The van der Waals surface area contributed by atoms with Crippen LogP contribution in [0.25, 0.3) is 11.3 Å². The summed E-state index contributed by atoms with van der Waals surface area (Å²) < 4.78 is 11.3. The normalized spacial score (nSPS) is 13.3. The van der Waals surface area contributed by atoms with Crippen molar-refractivity contribution < 1.29 is 9.47 Å². The highest BCUT2D eigenvalue weighted by molar-refractivity contribution is 5.57. The molecule has 1 aliphatic rings. The Morgan fingerprint density at radius 3 is 2.24 bits per heavy atom. The van der Waals surface area contributed by atoms with Gasteiger partial charge in [-0.05, 0) is 56.2 Å². The van der Waals surface area contributed by atoms with E-state index < -0.39 is 0 Å². The Hall–Kier alpha value is -2.01. The summed E-state index contributed by atoms with van der Waals surface area (Å²) in [5.41, 5.74) is 3.00. The van der Waals surface area contributed by atoms with Gasteiger partial charge in [-0.25, -0.2) is 0 Å². The summed E-state index contributed by atoms with van der Waals surface area (Å²) in [7, 11) is 0. The number of aryl methyl sites for hydroxylation is 1. The first-order chi connectivity index (χ1) is 16.8. The van der Waals surface area contributed by atoms with Crippen LogP contribution < -0.4 is 4.74 Å². The van der Waals surface area contributed by atoms with E-state index in [1.165, 1.54) is 76.3 Å². The van der Waals surface area contributed by atoms with Crippen LogP contribution >= 0.6 is 0 Å². The third kappa shape index (κ3) is 11.4. The smallest absolute Gasteiger partial charge is 0.233 e. The van der Waals surface area contributed by atoms with Crippen molar-refractivity contribution in [2.45, 2.75) is 103 Å². The van der Waals surface area contributed by atoms with Crippen molar-refractivity contribution in [2.24, 2.45) is 5.92 Å². The van der Waals surface area contributed by atoms with E-state index in [1.54, 1.807) is 0 Å². The fraction of sp³-hybridized carbons (Fsp3) is 0.690. The van der Waals surface area contributed by atoms with Crippen LogP contribution in [0, 0.1) is 5.92 Å². The van der Waals surface area contributed by atoms with E-state index in [1.807, 2.05) is 18.3 Å². The lowest BCUT2D eigenvalue weighted by atomic mass is 10.0. The number of pyridine rings is 1. The Bertz CT molecular complexity index is 760. The molecule has 0 unspecified atom stereocenters. The highest BCUT2D eigenvalue weighted by Gasteiger charge is 2.19. The second-order valence-corrected chi connectivity index (χ2v) is 9.77. The van der Waals surface area contributed by atoms with Gasteiger partial charge in [0, 0.05) is 36.7 Å². The van der Waals surface area contributed by atoms with E-state index in [0.717, 1.165) is 56.1 Å². The van der Waals surface area contributed by atoms with Crippen LogP contribution in [-0.2, 0) is 11.2 Å². The molecule has 34 heavy (non-hydrogen) atoms. The van der Waals surface area contributed by atoms with Gasteiger partial charge in [-0.2, -0.15) is 0 Å². The van der Waals surface area contributed by atoms with Crippen molar-refractivity contribution in [1.29, 1.82) is 0 Å². The number of hydrogen-bond acceptors (Lipinski definition) is 5. The Labute approximate surface area is 207 Å². The maximum Gasteiger partial charge on any atom is 0.233 e. The van der Waals surface area contributed by atoms with E-state index >= 15 is 0 Å². The monoisotopic (exact) mass is 467 g/mol. The molecular formula is C29H45N3O2. The van der Waals surface area contributed by atoms with E-state index in [4.69, 9.17) is 9.47 Å². The molecule has 0 N–H and O–H groups in total. The summed E-state index contributed by atoms with van der Waals surface area (Å²) in [6.07, 6.45) is 21.3. The summed E-state index contributed by atoms with van der Waals surface area (Å²) in [4.78, 5) is 4.64. The van der Waals surface area contributed by atoms with Gasteiger partial charge < -0.3 is 9.47 Å². The quantitative estimate of drug-likeness (QED) is 0.188. The Morgan fingerprint density at radius 2 is 1.53 bits per heavy atom. The molecule has 0 radical (unpaired) electrons. The minimum atomic E-state index is 0.572. The third-order valence-corrected chi connectivity index (χ3v) is 6.58. The first-order valence-electron chi connectivity index (χ1n) is 13.8.